The molecule has 0 radical (unpaired) electrons. The third kappa shape index (κ3) is 4.97. The summed E-state index contributed by atoms with van der Waals surface area (Å²) >= 11 is 5.82. The third-order valence-corrected chi connectivity index (χ3v) is 7.27. The lowest BCUT2D eigenvalue weighted by Crippen LogP contribution is -2.35. The van der Waals surface area contributed by atoms with Crippen LogP contribution in [0.3, 0.4) is 0 Å². The van der Waals surface area contributed by atoms with Crippen molar-refractivity contribution < 1.29 is 18.1 Å². The van der Waals surface area contributed by atoms with Crippen LogP contribution in [0.4, 0.5) is 17.1 Å². The maximum Gasteiger partial charge on any atom is 0.288 e. The SMILES string of the molecule is CN(C)c1ccc(S(=O)(=O)N2CCCCC2)cc1NC(=O)c1ccc(Cl)c([N+](=O)[O-])c1. The standard InChI is InChI=1S/C20H23ClN4O5S/c1-23(2)18-9-7-15(31(29,30)24-10-4-3-5-11-24)13-17(18)22-20(26)14-6-8-16(21)19(12-14)25(27)28/h6-9,12-13H,3-5,10-11H2,1-2H3,(H,22,26). The van der Waals surface area contributed by atoms with Gasteiger partial charge in [-0.1, -0.05) is 18.0 Å². The number of sulfonamides is 1. The molecule has 1 aliphatic rings. The number of nitrogens with one attached hydrogen (secondary N) is 1. The fraction of sp³-hybridized carbons (Fsp3) is 0.350. The summed E-state index contributed by atoms with van der Waals surface area (Å²) in [5.41, 5.74) is 0.522. The number of hydrogen-bond donors (Lipinski definition) is 1. The number of piperidine rings is 1. The Hall–Kier alpha value is -2.69. The van der Waals surface area contributed by atoms with Gasteiger partial charge in [0.1, 0.15) is 5.02 Å². The van der Waals surface area contributed by atoms with E-state index in [0.29, 0.717) is 18.8 Å². The van der Waals surface area contributed by atoms with Crippen LogP contribution in [0.1, 0.15) is 29.6 Å². The van der Waals surface area contributed by atoms with Gasteiger partial charge in [-0.25, -0.2) is 8.42 Å². The van der Waals surface area contributed by atoms with Gasteiger partial charge in [0.25, 0.3) is 11.6 Å². The van der Waals surface area contributed by atoms with Gasteiger partial charge in [0, 0.05) is 38.8 Å². The Kier molecular flexibility index (Phi) is 6.83. The minimum absolute atomic E-state index is 0.0325. The van der Waals surface area contributed by atoms with Crippen molar-refractivity contribution in [3.63, 3.8) is 0 Å². The van der Waals surface area contributed by atoms with Crippen LogP contribution in [-0.4, -0.2) is 50.7 Å². The zero-order valence-corrected chi connectivity index (χ0v) is 18.7. The summed E-state index contributed by atoms with van der Waals surface area (Å²) < 4.78 is 27.5. The smallest absolute Gasteiger partial charge is 0.288 e. The van der Waals surface area contributed by atoms with E-state index in [-0.39, 0.29) is 26.9 Å². The molecule has 2 aromatic rings. The molecule has 0 aliphatic carbocycles. The largest absolute Gasteiger partial charge is 0.376 e. The van der Waals surface area contributed by atoms with E-state index in [9.17, 15) is 23.3 Å². The first kappa shape index (κ1) is 23.0. The summed E-state index contributed by atoms with van der Waals surface area (Å²) in [5, 5.41) is 13.7. The first-order chi connectivity index (χ1) is 14.6. The number of nitrogens with zero attached hydrogens (tertiary/aromatic N) is 3. The van der Waals surface area contributed by atoms with Crippen LogP contribution >= 0.6 is 11.6 Å². The van der Waals surface area contributed by atoms with E-state index in [1.807, 2.05) is 0 Å². The van der Waals surface area contributed by atoms with Crippen LogP contribution in [-0.2, 0) is 10.0 Å². The van der Waals surface area contributed by atoms with Crippen molar-refractivity contribution in [2.75, 3.05) is 37.4 Å². The highest BCUT2D eigenvalue weighted by Gasteiger charge is 2.27. The summed E-state index contributed by atoms with van der Waals surface area (Å²) in [4.78, 5) is 25.0. The first-order valence-electron chi connectivity index (χ1n) is 9.68. The molecule has 1 saturated heterocycles. The number of rotatable bonds is 6. The Morgan fingerprint density at radius 1 is 1.13 bits per heavy atom. The number of benzene rings is 2. The van der Waals surface area contributed by atoms with E-state index in [1.165, 1.54) is 28.6 Å². The fourth-order valence-corrected chi connectivity index (χ4v) is 5.14. The highest BCUT2D eigenvalue weighted by Crippen LogP contribution is 2.31. The summed E-state index contributed by atoms with van der Waals surface area (Å²) in [5.74, 6) is -0.615. The van der Waals surface area contributed by atoms with Crippen molar-refractivity contribution in [2.45, 2.75) is 24.2 Å². The van der Waals surface area contributed by atoms with E-state index in [4.69, 9.17) is 11.6 Å². The second-order valence-corrected chi connectivity index (χ2v) is 9.76. The van der Waals surface area contributed by atoms with Gasteiger partial charge in [-0.05, 0) is 43.2 Å². The fourth-order valence-electron chi connectivity index (χ4n) is 3.41. The van der Waals surface area contributed by atoms with Gasteiger partial charge < -0.3 is 10.2 Å². The molecule has 11 heteroatoms. The number of hydrogen-bond acceptors (Lipinski definition) is 6. The molecule has 31 heavy (non-hydrogen) atoms. The molecular weight excluding hydrogens is 444 g/mol. The number of nitro benzene ring substituents is 1. The molecule has 0 bridgehead atoms. The van der Waals surface area contributed by atoms with E-state index in [0.717, 1.165) is 25.3 Å². The average molecular weight is 467 g/mol. The molecule has 2 aromatic carbocycles. The van der Waals surface area contributed by atoms with E-state index >= 15 is 0 Å². The topological polar surface area (TPSA) is 113 Å². The van der Waals surface area contributed by atoms with Crippen molar-refractivity contribution in [3.8, 4) is 0 Å². The minimum Gasteiger partial charge on any atom is -0.376 e. The summed E-state index contributed by atoms with van der Waals surface area (Å²) in [6.07, 6.45) is 2.63. The molecular formula is C20H23ClN4O5S. The van der Waals surface area contributed by atoms with Crippen molar-refractivity contribution in [2.24, 2.45) is 0 Å². The van der Waals surface area contributed by atoms with E-state index < -0.39 is 20.9 Å². The maximum atomic E-state index is 13.0. The summed E-state index contributed by atoms with van der Waals surface area (Å²) in [6, 6.07) is 8.29. The summed E-state index contributed by atoms with van der Waals surface area (Å²) in [7, 11) is -0.173. The van der Waals surface area contributed by atoms with Gasteiger partial charge >= 0.3 is 0 Å². The monoisotopic (exact) mass is 466 g/mol. The lowest BCUT2D eigenvalue weighted by molar-refractivity contribution is -0.384. The molecule has 1 heterocycles. The normalized spacial score (nSPS) is 14.8. The van der Waals surface area contributed by atoms with Gasteiger partial charge in [0.15, 0.2) is 0 Å². The molecule has 0 saturated carbocycles. The van der Waals surface area contributed by atoms with E-state index in [1.54, 1.807) is 25.1 Å². The zero-order chi connectivity index (χ0) is 22.8. The van der Waals surface area contributed by atoms with Crippen LogP contribution in [0, 0.1) is 10.1 Å². The predicted octanol–water partition coefficient (Wildman–Crippen LogP) is 3.74. The molecule has 166 valence electrons. The van der Waals surface area contributed by atoms with Crippen LogP contribution in [0.25, 0.3) is 0 Å². The van der Waals surface area contributed by atoms with Crippen molar-refractivity contribution in [1.29, 1.82) is 0 Å². The van der Waals surface area contributed by atoms with Crippen LogP contribution in [0.2, 0.25) is 5.02 Å². The van der Waals surface area contributed by atoms with Gasteiger partial charge in [0.2, 0.25) is 10.0 Å². The Bertz CT molecular complexity index is 1110. The van der Waals surface area contributed by atoms with Gasteiger partial charge in [-0.3, -0.25) is 14.9 Å². The molecule has 0 spiro atoms. The van der Waals surface area contributed by atoms with Gasteiger partial charge in [0.05, 0.1) is 21.2 Å². The minimum atomic E-state index is -3.69. The van der Waals surface area contributed by atoms with Crippen molar-refractivity contribution >= 4 is 44.6 Å². The van der Waals surface area contributed by atoms with Crippen molar-refractivity contribution in [1.82, 2.24) is 4.31 Å². The maximum absolute atomic E-state index is 13.0. The Labute approximate surface area is 185 Å². The Morgan fingerprint density at radius 3 is 2.42 bits per heavy atom. The highest BCUT2D eigenvalue weighted by molar-refractivity contribution is 7.89. The number of amides is 1. The lowest BCUT2D eigenvalue weighted by atomic mass is 10.1. The number of carbonyl (C=O) groups excluding carboxylic acids is 1. The molecule has 1 N–H and O–H groups in total. The van der Waals surface area contributed by atoms with Crippen molar-refractivity contribution in [3.05, 3.63) is 57.1 Å². The van der Waals surface area contributed by atoms with E-state index in [2.05, 4.69) is 5.32 Å². The van der Waals surface area contributed by atoms with Crippen LogP contribution < -0.4 is 10.2 Å². The predicted molar refractivity (Wildman–Crippen MR) is 119 cm³/mol. The zero-order valence-electron chi connectivity index (χ0n) is 17.2. The molecule has 0 aromatic heterocycles. The molecule has 0 unspecified atom stereocenters. The molecule has 1 fully saturated rings. The Morgan fingerprint density at radius 2 is 1.81 bits per heavy atom. The van der Waals surface area contributed by atoms with Gasteiger partial charge in [-0.2, -0.15) is 4.31 Å². The first-order valence-corrected chi connectivity index (χ1v) is 11.5. The number of carbonyl (C=O) groups is 1. The second-order valence-electron chi connectivity index (χ2n) is 7.42. The lowest BCUT2D eigenvalue weighted by Gasteiger charge is -2.26. The number of anilines is 2. The number of nitro groups is 1. The Balaban J connectivity index is 1.96. The average Bonchev–Trinajstić information content (AvgIpc) is 2.74. The molecule has 1 amide bonds. The third-order valence-electron chi connectivity index (χ3n) is 5.06. The van der Waals surface area contributed by atoms with Gasteiger partial charge in [-0.15, -0.1) is 0 Å². The highest BCUT2D eigenvalue weighted by atomic mass is 35.5. The number of halogens is 1. The molecule has 0 atom stereocenters. The molecule has 9 nitrogen and oxygen atoms in total. The van der Waals surface area contributed by atoms with Crippen LogP contribution in [0.15, 0.2) is 41.3 Å². The summed E-state index contributed by atoms with van der Waals surface area (Å²) in [6.45, 7) is 0.932. The second kappa shape index (κ2) is 9.21. The molecule has 1 aliphatic heterocycles. The quantitative estimate of drug-likeness (QED) is 0.512. The molecule has 3 rings (SSSR count). The van der Waals surface area contributed by atoms with Crippen LogP contribution in [0.5, 0.6) is 0 Å².